The van der Waals surface area contributed by atoms with Gasteiger partial charge < -0.3 is 10.2 Å². The molecule has 1 aliphatic heterocycles. The summed E-state index contributed by atoms with van der Waals surface area (Å²) in [7, 11) is 0. The lowest BCUT2D eigenvalue weighted by molar-refractivity contribution is -0.890. The normalized spacial score (nSPS) is 16.3. The summed E-state index contributed by atoms with van der Waals surface area (Å²) in [5.41, 5.74) is -0.405. The topological polar surface area (TPSA) is 64.2 Å². The number of anilines is 1. The monoisotopic (exact) mass is 368 g/mol. The molecule has 1 aromatic carbocycles. The number of amides is 1. The van der Waals surface area contributed by atoms with Crippen LogP contribution >= 0.6 is 0 Å². The number of carbonyl (C=O) groups excluding carboxylic acids is 1. The van der Waals surface area contributed by atoms with E-state index in [0.29, 0.717) is 5.69 Å². The molecular weight excluding hydrogens is 347 g/mol. The number of hydrogen-bond acceptors (Lipinski definition) is 3. The quantitative estimate of drug-likeness (QED) is 0.863. The highest BCUT2D eigenvalue weighted by atomic mass is 19.4. The number of alkyl halides is 3. The lowest BCUT2D eigenvalue weighted by Crippen LogP contribution is -3.12. The molecule has 6 nitrogen and oxygen atoms in total. The minimum atomic E-state index is -4.49. The second-order valence-electron chi connectivity index (χ2n) is 6.46. The zero-order valence-corrected chi connectivity index (χ0v) is 14.2. The van der Waals surface area contributed by atoms with Crippen molar-refractivity contribution in [3.63, 3.8) is 0 Å². The molecule has 1 amide bonds. The summed E-state index contributed by atoms with van der Waals surface area (Å²) in [5.74, 6) is -0.303. The maximum atomic E-state index is 13.0. The van der Waals surface area contributed by atoms with Gasteiger partial charge in [-0.15, -0.1) is 0 Å². The number of likely N-dealkylation sites (tertiary alicyclic amines) is 1. The fraction of sp³-hybridized carbons (Fsp3) is 0.471. The molecular formula is C17H21F3N5O+. The van der Waals surface area contributed by atoms with Crippen LogP contribution in [0, 0.1) is 0 Å². The van der Waals surface area contributed by atoms with Gasteiger partial charge in [0.2, 0.25) is 0 Å². The van der Waals surface area contributed by atoms with Gasteiger partial charge in [0.05, 0.1) is 30.0 Å². The Morgan fingerprint density at radius 1 is 1.19 bits per heavy atom. The van der Waals surface area contributed by atoms with Crippen molar-refractivity contribution in [3.05, 3.63) is 36.4 Å². The second-order valence-corrected chi connectivity index (χ2v) is 6.46. The highest BCUT2D eigenvalue weighted by molar-refractivity contribution is 5.93. The van der Waals surface area contributed by atoms with Gasteiger partial charge in [0.15, 0.2) is 6.54 Å². The van der Waals surface area contributed by atoms with E-state index in [0.717, 1.165) is 55.8 Å². The van der Waals surface area contributed by atoms with E-state index in [9.17, 15) is 18.0 Å². The van der Waals surface area contributed by atoms with E-state index >= 15 is 0 Å². The van der Waals surface area contributed by atoms with Crippen LogP contribution in [0.2, 0.25) is 0 Å². The first-order chi connectivity index (χ1) is 12.4. The number of carbonyl (C=O) groups is 1. The third kappa shape index (κ3) is 4.60. The Kier molecular flexibility index (Phi) is 5.55. The Hall–Kier alpha value is -2.42. The fourth-order valence-corrected chi connectivity index (χ4v) is 3.17. The third-order valence-corrected chi connectivity index (χ3v) is 4.48. The minimum absolute atomic E-state index is 0.0737. The molecule has 9 heteroatoms. The van der Waals surface area contributed by atoms with Gasteiger partial charge in [0, 0.05) is 0 Å². The largest absolute Gasteiger partial charge is 0.416 e. The molecule has 0 radical (unpaired) electrons. The maximum absolute atomic E-state index is 13.0. The molecule has 26 heavy (non-hydrogen) atoms. The van der Waals surface area contributed by atoms with Gasteiger partial charge in [0.25, 0.3) is 5.91 Å². The van der Waals surface area contributed by atoms with Gasteiger partial charge >= 0.3 is 6.18 Å². The van der Waals surface area contributed by atoms with Crippen molar-refractivity contribution in [1.82, 2.24) is 14.8 Å². The molecule has 2 aromatic rings. The molecule has 1 saturated heterocycles. The number of rotatable bonds is 4. The first-order valence-electron chi connectivity index (χ1n) is 8.63. The molecule has 140 valence electrons. The van der Waals surface area contributed by atoms with Gasteiger partial charge in [-0.2, -0.15) is 18.3 Å². The summed E-state index contributed by atoms with van der Waals surface area (Å²) in [6, 6.07) is 3.19. The van der Waals surface area contributed by atoms with Crippen LogP contribution in [0.15, 0.2) is 30.9 Å². The van der Waals surface area contributed by atoms with Crippen molar-refractivity contribution >= 4 is 11.6 Å². The SMILES string of the molecule is O=C(C[NH+]1CCCCCC1)Nc1cc(C(F)(F)F)ccc1-n1cncn1. The number of benzene rings is 1. The summed E-state index contributed by atoms with van der Waals surface area (Å²) in [4.78, 5) is 17.4. The number of aromatic nitrogens is 3. The van der Waals surface area contributed by atoms with Crippen molar-refractivity contribution in [3.8, 4) is 5.69 Å². The summed E-state index contributed by atoms with van der Waals surface area (Å²) in [5, 5.41) is 6.57. The smallest absolute Gasteiger partial charge is 0.327 e. The minimum Gasteiger partial charge on any atom is -0.327 e. The van der Waals surface area contributed by atoms with Crippen LogP contribution < -0.4 is 10.2 Å². The molecule has 0 aliphatic carbocycles. The molecule has 3 rings (SSSR count). The van der Waals surface area contributed by atoms with Crippen LogP contribution in [0.3, 0.4) is 0 Å². The average Bonchev–Trinajstić information content (AvgIpc) is 2.99. The lowest BCUT2D eigenvalue weighted by Gasteiger charge is -2.18. The highest BCUT2D eigenvalue weighted by Gasteiger charge is 2.31. The Morgan fingerprint density at radius 2 is 1.92 bits per heavy atom. The number of nitrogens with zero attached hydrogens (tertiary/aromatic N) is 3. The van der Waals surface area contributed by atoms with Crippen LogP contribution in [0.4, 0.5) is 18.9 Å². The van der Waals surface area contributed by atoms with E-state index in [4.69, 9.17) is 0 Å². The van der Waals surface area contributed by atoms with Crippen molar-refractivity contribution in [2.45, 2.75) is 31.9 Å². The van der Waals surface area contributed by atoms with Gasteiger partial charge in [0.1, 0.15) is 12.7 Å². The van der Waals surface area contributed by atoms with Crippen LogP contribution in [-0.4, -0.2) is 40.3 Å². The fourth-order valence-electron chi connectivity index (χ4n) is 3.17. The molecule has 0 atom stereocenters. The van der Waals surface area contributed by atoms with Crippen LogP contribution in [0.5, 0.6) is 0 Å². The number of quaternary nitrogens is 1. The summed E-state index contributed by atoms with van der Waals surface area (Å²) >= 11 is 0. The molecule has 0 unspecified atom stereocenters. The molecule has 0 spiro atoms. The van der Waals surface area contributed by atoms with Crippen molar-refractivity contribution in [1.29, 1.82) is 0 Å². The van der Waals surface area contributed by atoms with Crippen LogP contribution in [0.1, 0.15) is 31.2 Å². The molecule has 2 N–H and O–H groups in total. The van der Waals surface area contributed by atoms with E-state index in [2.05, 4.69) is 15.4 Å². The van der Waals surface area contributed by atoms with Crippen molar-refractivity contribution in [2.75, 3.05) is 25.0 Å². The van der Waals surface area contributed by atoms with E-state index in [1.165, 1.54) is 23.4 Å². The Bertz CT molecular complexity index is 737. The van der Waals surface area contributed by atoms with Gasteiger partial charge in [-0.1, -0.05) is 0 Å². The zero-order chi connectivity index (χ0) is 18.6. The van der Waals surface area contributed by atoms with Crippen LogP contribution in [-0.2, 0) is 11.0 Å². The lowest BCUT2D eigenvalue weighted by atomic mass is 10.1. The van der Waals surface area contributed by atoms with Crippen molar-refractivity contribution < 1.29 is 22.9 Å². The van der Waals surface area contributed by atoms with E-state index < -0.39 is 11.7 Å². The highest BCUT2D eigenvalue weighted by Crippen LogP contribution is 2.33. The molecule has 1 aromatic heterocycles. The van der Waals surface area contributed by atoms with E-state index in [1.807, 2.05) is 0 Å². The van der Waals surface area contributed by atoms with Gasteiger partial charge in [-0.05, 0) is 43.9 Å². The van der Waals surface area contributed by atoms with E-state index in [1.54, 1.807) is 0 Å². The van der Waals surface area contributed by atoms with Gasteiger partial charge in [-0.25, -0.2) is 9.67 Å². The maximum Gasteiger partial charge on any atom is 0.416 e. The second kappa shape index (κ2) is 7.86. The zero-order valence-electron chi connectivity index (χ0n) is 14.2. The van der Waals surface area contributed by atoms with Crippen molar-refractivity contribution in [2.24, 2.45) is 0 Å². The summed E-state index contributed by atoms with van der Waals surface area (Å²) in [6.45, 7) is 2.06. The number of nitrogens with one attached hydrogen (secondary N) is 2. The molecule has 0 saturated carbocycles. The Balaban J connectivity index is 1.80. The number of hydrogen-bond donors (Lipinski definition) is 2. The molecule has 0 bridgehead atoms. The molecule has 2 heterocycles. The van der Waals surface area contributed by atoms with Crippen LogP contribution in [0.25, 0.3) is 5.69 Å². The number of halogens is 3. The summed E-state index contributed by atoms with van der Waals surface area (Å²) in [6.07, 6.45) is 2.62. The van der Waals surface area contributed by atoms with Gasteiger partial charge in [-0.3, -0.25) is 4.79 Å². The standard InChI is InChI=1S/C17H20F3N5O/c18-17(19,20)13-5-6-15(25-12-21-11-22-25)14(9-13)23-16(26)10-24-7-3-1-2-4-8-24/h5-6,9,11-12H,1-4,7-8,10H2,(H,23,26)/p+1. The first-order valence-corrected chi connectivity index (χ1v) is 8.63. The third-order valence-electron chi connectivity index (χ3n) is 4.48. The predicted molar refractivity (Wildman–Crippen MR) is 89.0 cm³/mol. The van der Waals surface area contributed by atoms with E-state index in [-0.39, 0.29) is 18.1 Å². The first kappa shape index (κ1) is 18.4. The predicted octanol–water partition coefficient (Wildman–Crippen LogP) is 1.68. The average molecular weight is 368 g/mol. The molecule has 1 fully saturated rings. The summed E-state index contributed by atoms with van der Waals surface area (Å²) < 4.78 is 40.5. The Labute approximate surface area is 149 Å². The molecule has 1 aliphatic rings. The Morgan fingerprint density at radius 3 is 2.54 bits per heavy atom.